The molecule has 1 aliphatic rings. The zero-order chi connectivity index (χ0) is 18.2. The van der Waals surface area contributed by atoms with Gasteiger partial charge in [-0.25, -0.2) is 13.7 Å². The molecule has 0 atom stereocenters. The van der Waals surface area contributed by atoms with Crippen LogP contribution in [0.2, 0.25) is 0 Å². The van der Waals surface area contributed by atoms with Crippen LogP contribution >= 0.6 is 16.1 Å². The van der Waals surface area contributed by atoms with Crippen molar-refractivity contribution in [2.24, 2.45) is 0 Å². The van der Waals surface area contributed by atoms with Crippen LogP contribution in [-0.2, 0) is 23.9 Å². The molecule has 0 spiro atoms. The molecular formula is C16H14BrF3N2O3. The third-order valence-electron chi connectivity index (χ3n) is 3.74. The van der Waals surface area contributed by atoms with Crippen LogP contribution in [0, 0.1) is 0 Å². The van der Waals surface area contributed by atoms with E-state index < -0.39 is 23.5 Å². The van der Waals surface area contributed by atoms with Crippen LogP contribution < -0.4 is 0 Å². The standard InChI is InChI=1S/C16H14BrF3N2O3/c1-2-24-15(23)10-7-13(25-14(10)16(18,19)20)12-4-3-9-8-22(17)6-5-11(9)21-12/h3-4,7H,2,5-6,8H2,1H3. The van der Waals surface area contributed by atoms with E-state index in [1.54, 1.807) is 12.1 Å². The Hall–Kier alpha value is -1.87. The molecule has 9 heteroatoms. The van der Waals surface area contributed by atoms with E-state index in [0.717, 1.165) is 23.9 Å². The molecule has 2 aromatic rings. The van der Waals surface area contributed by atoms with E-state index in [-0.39, 0.29) is 18.1 Å². The molecule has 134 valence electrons. The minimum absolute atomic E-state index is 0.0310. The Morgan fingerprint density at radius 3 is 2.88 bits per heavy atom. The maximum absolute atomic E-state index is 13.2. The lowest BCUT2D eigenvalue weighted by Crippen LogP contribution is -2.22. The molecule has 0 aromatic carbocycles. The Bertz CT molecular complexity index is 804. The van der Waals surface area contributed by atoms with Crippen molar-refractivity contribution >= 4 is 22.1 Å². The number of carbonyl (C=O) groups excluding carboxylic acids is 1. The van der Waals surface area contributed by atoms with Crippen LogP contribution in [0.25, 0.3) is 11.5 Å². The van der Waals surface area contributed by atoms with Gasteiger partial charge < -0.3 is 9.15 Å². The topological polar surface area (TPSA) is 55.6 Å². The lowest BCUT2D eigenvalue weighted by Gasteiger charge is -2.22. The first-order valence-electron chi connectivity index (χ1n) is 7.57. The number of halogens is 4. The first-order valence-corrected chi connectivity index (χ1v) is 8.28. The van der Waals surface area contributed by atoms with E-state index in [0.29, 0.717) is 13.0 Å². The Balaban J connectivity index is 2.02. The van der Waals surface area contributed by atoms with Gasteiger partial charge in [0.2, 0.25) is 5.76 Å². The lowest BCUT2D eigenvalue weighted by molar-refractivity contribution is -0.153. The van der Waals surface area contributed by atoms with Gasteiger partial charge in [0.25, 0.3) is 0 Å². The highest BCUT2D eigenvalue weighted by Gasteiger charge is 2.41. The number of ether oxygens (including phenoxy) is 1. The Kier molecular flexibility index (Phi) is 4.88. The third kappa shape index (κ3) is 3.72. The summed E-state index contributed by atoms with van der Waals surface area (Å²) >= 11 is 3.40. The molecule has 0 radical (unpaired) electrons. The van der Waals surface area contributed by atoms with Crippen LogP contribution in [0.5, 0.6) is 0 Å². The number of aromatic nitrogens is 1. The number of hydrogen-bond donors (Lipinski definition) is 0. The minimum atomic E-state index is -4.80. The zero-order valence-electron chi connectivity index (χ0n) is 13.2. The fraction of sp³-hybridized carbons (Fsp3) is 0.375. The molecule has 0 saturated carbocycles. The summed E-state index contributed by atoms with van der Waals surface area (Å²) in [5, 5.41) is 0. The number of pyridine rings is 1. The Morgan fingerprint density at radius 2 is 2.20 bits per heavy atom. The zero-order valence-corrected chi connectivity index (χ0v) is 14.8. The quantitative estimate of drug-likeness (QED) is 0.552. The van der Waals surface area contributed by atoms with Gasteiger partial charge in [0, 0.05) is 47.4 Å². The molecule has 3 heterocycles. The van der Waals surface area contributed by atoms with Gasteiger partial charge in [-0.1, -0.05) is 6.07 Å². The number of carbonyl (C=O) groups is 1. The number of alkyl halides is 3. The molecular weight excluding hydrogens is 405 g/mol. The van der Waals surface area contributed by atoms with Crippen molar-refractivity contribution in [3.05, 3.63) is 40.8 Å². The third-order valence-corrected chi connectivity index (χ3v) is 4.34. The monoisotopic (exact) mass is 418 g/mol. The van der Waals surface area contributed by atoms with Gasteiger partial charge in [0.15, 0.2) is 5.76 Å². The molecule has 2 aromatic heterocycles. The molecule has 5 nitrogen and oxygen atoms in total. The predicted molar refractivity (Wildman–Crippen MR) is 85.9 cm³/mol. The van der Waals surface area contributed by atoms with Crippen molar-refractivity contribution < 1.29 is 27.1 Å². The highest BCUT2D eigenvalue weighted by Crippen LogP contribution is 2.37. The summed E-state index contributed by atoms with van der Waals surface area (Å²) in [5.41, 5.74) is 1.40. The van der Waals surface area contributed by atoms with E-state index in [4.69, 9.17) is 4.42 Å². The van der Waals surface area contributed by atoms with Gasteiger partial charge in [0.05, 0.1) is 6.61 Å². The van der Waals surface area contributed by atoms with E-state index in [1.165, 1.54) is 6.92 Å². The van der Waals surface area contributed by atoms with Gasteiger partial charge in [-0.3, -0.25) is 0 Å². The Morgan fingerprint density at radius 1 is 1.44 bits per heavy atom. The predicted octanol–water partition coefficient (Wildman–Crippen LogP) is 4.21. The summed E-state index contributed by atoms with van der Waals surface area (Å²) in [6.45, 7) is 2.88. The molecule has 25 heavy (non-hydrogen) atoms. The fourth-order valence-corrected chi connectivity index (χ4v) is 3.05. The fourth-order valence-electron chi connectivity index (χ4n) is 2.61. The first-order chi connectivity index (χ1) is 11.8. The van der Waals surface area contributed by atoms with Crippen molar-refractivity contribution in [1.29, 1.82) is 0 Å². The molecule has 0 N–H and O–H groups in total. The summed E-state index contributed by atoms with van der Waals surface area (Å²) in [4.78, 5) is 16.2. The second-order valence-electron chi connectivity index (χ2n) is 5.47. The maximum atomic E-state index is 13.2. The molecule has 0 saturated heterocycles. The van der Waals surface area contributed by atoms with E-state index in [1.807, 2.05) is 3.93 Å². The van der Waals surface area contributed by atoms with Crippen LogP contribution in [0.3, 0.4) is 0 Å². The van der Waals surface area contributed by atoms with Crippen LogP contribution in [0.15, 0.2) is 22.6 Å². The van der Waals surface area contributed by atoms with E-state index in [9.17, 15) is 18.0 Å². The van der Waals surface area contributed by atoms with Crippen molar-refractivity contribution in [3.63, 3.8) is 0 Å². The first kappa shape index (κ1) is 17.9. The summed E-state index contributed by atoms with van der Waals surface area (Å²) < 4.78 is 51.1. The number of rotatable bonds is 3. The van der Waals surface area contributed by atoms with Crippen LogP contribution in [0.1, 0.15) is 34.3 Å². The van der Waals surface area contributed by atoms with Crippen molar-refractivity contribution in [1.82, 2.24) is 8.91 Å². The van der Waals surface area contributed by atoms with Crippen LogP contribution in [0.4, 0.5) is 13.2 Å². The van der Waals surface area contributed by atoms with Gasteiger partial charge in [-0.15, -0.1) is 0 Å². The molecule has 1 aliphatic heterocycles. The van der Waals surface area contributed by atoms with Gasteiger partial charge >= 0.3 is 12.1 Å². The second kappa shape index (κ2) is 6.80. The average Bonchev–Trinajstić information content (AvgIpc) is 3.00. The minimum Gasteiger partial charge on any atom is -0.462 e. The highest BCUT2D eigenvalue weighted by atomic mass is 79.9. The number of furan rings is 1. The molecule has 3 rings (SSSR count). The lowest BCUT2D eigenvalue weighted by atomic mass is 10.1. The maximum Gasteiger partial charge on any atom is 0.450 e. The largest absolute Gasteiger partial charge is 0.462 e. The molecule has 0 bridgehead atoms. The van der Waals surface area contributed by atoms with Crippen molar-refractivity contribution in [2.45, 2.75) is 26.1 Å². The second-order valence-corrected chi connectivity index (χ2v) is 6.47. The van der Waals surface area contributed by atoms with Crippen LogP contribution in [-0.4, -0.2) is 28.0 Å². The smallest absolute Gasteiger partial charge is 0.450 e. The highest BCUT2D eigenvalue weighted by molar-refractivity contribution is 9.07. The van der Waals surface area contributed by atoms with Gasteiger partial charge in [-0.2, -0.15) is 13.2 Å². The molecule has 0 unspecified atom stereocenters. The molecule has 0 amide bonds. The summed E-state index contributed by atoms with van der Waals surface area (Å²) in [7, 11) is 0. The number of esters is 1. The normalized spacial score (nSPS) is 15.1. The molecule has 0 aliphatic carbocycles. The van der Waals surface area contributed by atoms with Crippen molar-refractivity contribution in [3.8, 4) is 11.5 Å². The summed E-state index contributed by atoms with van der Waals surface area (Å²) in [6.07, 6.45) is -4.14. The van der Waals surface area contributed by atoms with Gasteiger partial charge in [0.1, 0.15) is 11.3 Å². The number of nitrogens with zero attached hydrogens (tertiary/aromatic N) is 2. The van der Waals surface area contributed by atoms with Crippen molar-refractivity contribution in [2.75, 3.05) is 13.2 Å². The van der Waals surface area contributed by atoms with E-state index >= 15 is 0 Å². The SMILES string of the molecule is CCOC(=O)c1cc(-c2ccc3c(n2)CCN(Br)C3)oc1C(F)(F)F. The van der Waals surface area contributed by atoms with Gasteiger partial charge in [-0.05, 0) is 18.6 Å². The van der Waals surface area contributed by atoms with E-state index in [2.05, 4.69) is 25.9 Å². The number of hydrogen-bond acceptors (Lipinski definition) is 5. The molecule has 0 fully saturated rings. The Labute approximate surface area is 150 Å². The summed E-state index contributed by atoms with van der Waals surface area (Å²) in [5.74, 6) is -2.55. The average molecular weight is 419 g/mol. The number of fused-ring (bicyclic) bond motifs is 1. The summed E-state index contributed by atoms with van der Waals surface area (Å²) in [6, 6.07) is 4.42.